The largest absolute Gasteiger partial charge is 0.462 e. The van der Waals surface area contributed by atoms with Crippen LogP contribution in [0.5, 0.6) is 0 Å². The highest BCUT2D eigenvalue weighted by atomic mass is 16.6. The number of esters is 3. The van der Waals surface area contributed by atoms with Gasteiger partial charge in [0.15, 0.2) is 6.10 Å². The number of hydrogen-bond donors (Lipinski definition) is 0. The zero-order valence-electron chi connectivity index (χ0n) is 43.9. The summed E-state index contributed by atoms with van der Waals surface area (Å²) in [5.41, 5.74) is 0. The minimum Gasteiger partial charge on any atom is -0.462 e. The molecule has 0 saturated carbocycles. The second-order valence-electron chi connectivity index (χ2n) is 20.6. The first-order valence-corrected chi connectivity index (χ1v) is 28.8. The first-order valence-electron chi connectivity index (χ1n) is 28.8. The molecule has 2 atom stereocenters. The Kier molecular flexibility index (Phi) is 49.6. The second kappa shape index (κ2) is 50.8. The molecule has 64 heavy (non-hydrogen) atoms. The van der Waals surface area contributed by atoms with Crippen molar-refractivity contribution in [2.75, 3.05) is 13.2 Å². The molecule has 0 amide bonds. The predicted octanol–water partition coefficient (Wildman–Crippen LogP) is 18.9. The third-order valence-electron chi connectivity index (χ3n) is 13.6. The quantitative estimate of drug-likeness (QED) is 0.0344. The highest BCUT2D eigenvalue weighted by Crippen LogP contribution is 2.18. The van der Waals surface area contributed by atoms with Gasteiger partial charge in [0.1, 0.15) is 13.2 Å². The third kappa shape index (κ3) is 49.8. The van der Waals surface area contributed by atoms with Gasteiger partial charge in [-0.25, -0.2) is 0 Å². The van der Waals surface area contributed by atoms with E-state index in [0.29, 0.717) is 19.3 Å². The lowest BCUT2D eigenvalue weighted by Gasteiger charge is -2.18. The van der Waals surface area contributed by atoms with E-state index in [9.17, 15) is 14.4 Å². The smallest absolute Gasteiger partial charge is 0.306 e. The van der Waals surface area contributed by atoms with E-state index in [1.807, 2.05) is 0 Å². The molecule has 0 aliphatic rings. The molecular formula is C58H112O6. The summed E-state index contributed by atoms with van der Waals surface area (Å²) in [6, 6.07) is 0. The molecular weight excluding hydrogens is 793 g/mol. The first kappa shape index (κ1) is 62.4. The van der Waals surface area contributed by atoms with Gasteiger partial charge < -0.3 is 14.2 Å². The SMILES string of the molecule is CCCCCCCCCCCCCCCCCCCCC(=O)OC[C@@H](COC(=O)CCCCCCCCCCCCCC(C)C)OC(=O)CCCCCCCCCCCCC(C)CC. The standard InChI is InChI=1S/C58H112O6/c1-6-8-9-10-11-12-13-14-15-16-17-18-19-22-28-33-38-43-48-56(59)62-51-55(64-58(61)50-45-40-35-30-25-24-27-32-37-42-47-54(5)7-2)52-63-57(60)49-44-39-34-29-23-20-21-26-31-36-41-46-53(3)4/h53-55H,6-52H2,1-5H3/t54?,55-/m0/s1. The molecule has 1 unspecified atom stereocenters. The van der Waals surface area contributed by atoms with Gasteiger partial charge in [0, 0.05) is 19.3 Å². The van der Waals surface area contributed by atoms with Gasteiger partial charge in [0.2, 0.25) is 0 Å². The van der Waals surface area contributed by atoms with Crippen LogP contribution in [0.15, 0.2) is 0 Å². The maximum absolute atomic E-state index is 12.8. The highest BCUT2D eigenvalue weighted by Gasteiger charge is 2.19. The number of rotatable bonds is 52. The van der Waals surface area contributed by atoms with Crippen LogP contribution in [0, 0.1) is 11.8 Å². The van der Waals surface area contributed by atoms with Crippen molar-refractivity contribution < 1.29 is 28.6 Å². The number of ether oxygens (including phenoxy) is 3. The van der Waals surface area contributed by atoms with Gasteiger partial charge in [-0.15, -0.1) is 0 Å². The molecule has 6 nitrogen and oxygen atoms in total. The van der Waals surface area contributed by atoms with Crippen LogP contribution in [-0.2, 0) is 28.6 Å². The van der Waals surface area contributed by atoms with Crippen LogP contribution in [0.3, 0.4) is 0 Å². The fraction of sp³-hybridized carbons (Fsp3) is 0.948. The van der Waals surface area contributed by atoms with E-state index >= 15 is 0 Å². The Hall–Kier alpha value is -1.59. The van der Waals surface area contributed by atoms with Crippen molar-refractivity contribution in [3.8, 4) is 0 Å². The van der Waals surface area contributed by atoms with Crippen LogP contribution >= 0.6 is 0 Å². The Balaban J connectivity index is 4.29. The predicted molar refractivity (Wildman–Crippen MR) is 275 cm³/mol. The summed E-state index contributed by atoms with van der Waals surface area (Å²) in [5.74, 6) is 0.853. The van der Waals surface area contributed by atoms with Crippen LogP contribution in [-0.4, -0.2) is 37.2 Å². The van der Waals surface area contributed by atoms with Crippen molar-refractivity contribution in [2.24, 2.45) is 11.8 Å². The molecule has 0 saturated heterocycles. The van der Waals surface area contributed by atoms with Crippen LogP contribution in [0.4, 0.5) is 0 Å². The summed E-state index contributed by atoms with van der Waals surface area (Å²) >= 11 is 0. The molecule has 380 valence electrons. The zero-order valence-corrected chi connectivity index (χ0v) is 43.9. The van der Waals surface area contributed by atoms with Crippen molar-refractivity contribution in [3.63, 3.8) is 0 Å². The average Bonchev–Trinajstić information content (AvgIpc) is 3.28. The van der Waals surface area contributed by atoms with E-state index in [-0.39, 0.29) is 31.1 Å². The fourth-order valence-electron chi connectivity index (χ4n) is 8.84. The van der Waals surface area contributed by atoms with Gasteiger partial charge in [-0.1, -0.05) is 285 Å². The molecule has 0 aromatic heterocycles. The van der Waals surface area contributed by atoms with Crippen molar-refractivity contribution >= 4 is 17.9 Å². The Morgan fingerprint density at radius 1 is 0.328 bits per heavy atom. The normalized spacial score (nSPS) is 12.5. The molecule has 0 fully saturated rings. The number of carbonyl (C=O) groups excluding carboxylic acids is 3. The summed E-state index contributed by atoms with van der Waals surface area (Å²) in [4.78, 5) is 38.1. The zero-order chi connectivity index (χ0) is 46.8. The van der Waals surface area contributed by atoms with Crippen molar-refractivity contribution in [2.45, 2.75) is 330 Å². The Morgan fingerprint density at radius 3 is 0.891 bits per heavy atom. The highest BCUT2D eigenvalue weighted by molar-refractivity contribution is 5.71. The van der Waals surface area contributed by atoms with Crippen LogP contribution in [0.2, 0.25) is 0 Å². The second-order valence-corrected chi connectivity index (χ2v) is 20.6. The van der Waals surface area contributed by atoms with Crippen LogP contribution in [0.1, 0.15) is 324 Å². The average molecular weight is 906 g/mol. The molecule has 0 aliphatic carbocycles. The van der Waals surface area contributed by atoms with Crippen molar-refractivity contribution in [3.05, 3.63) is 0 Å². The van der Waals surface area contributed by atoms with Gasteiger partial charge in [-0.05, 0) is 31.1 Å². The fourth-order valence-corrected chi connectivity index (χ4v) is 8.84. The van der Waals surface area contributed by atoms with Crippen molar-refractivity contribution in [1.29, 1.82) is 0 Å². The van der Waals surface area contributed by atoms with Gasteiger partial charge in [-0.2, -0.15) is 0 Å². The van der Waals surface area contributed by atoms with Crippen LogP contribution < -0.4 is 0 Å². The van der Waals surface area contributed by atoms with E-state index in [0.717, 1.165) is 69.6 Å². The Bertz CT molecular complexity index is 980. The number of carbonyl (C=O) groups is 3. The van der Waals surface area contributed by atoms with Crippen molar-refractivity contribution in [1.82, 2.24) is 0 Å². The molecule has 0 aromatic rings. The summed E-state index contributed by atoms with van der Waals surface area (Å²) in [7, 11) is 0. The topological polar surface area (TPSA) is 78.9 Å². The van der Waals surface area contributed by atoms with E-state index in [1.165, 1.54) is 212 Å². The molecule has 0 aliphatic heterocycles. The maximum Gasteiger partial charge on any atom is 0.306 e. The monoisotopic (exact) mass is 905 g/mol. The summed E-state index contributed by atoms with van der Waals surface area (Å²) in [6.07, 6.45) is 53.7. The third-order valence-corrected chi connectivity index (χ3v) is 13.6. The van der Waals surface area contributed by atoms with Gasteiger partial charge in [-0.3, -0.25) is 14.4 Å². The molecule has 0 radical (unpaired) electrons. The summed E-state index contributed by atoms with van der Waals surface area (Å²) in [6.45, 7) is 11.4. The minimum absolute atomic E-state index is 0.0630. The van der Waals surface area contributed by atoms with Gasteiger partial charge >= 0.3 is 17.9 Å². The lowest BCUT2D eigenvalue weighted by Crippen LogP contribution is -2.30. The van der Waals surface area contributed by atoms with Gasteiger partial charge in [0.05, 0.1) is 0 Å². The Labute approximate surface area is 399 Å². The molecule has 0 bridgehead atoms. The van der Waals surface area contributed by atoms with E-state index in [2.05, 4.69) is 34.6 Å². The van der Waals surface area contributed by atoms with Crippen LogP contribution in [0.25, 0.3) is 0 Å². The maximum atomic E-state index is 12.8. The molecule has 0 heterocycles. The van der Waals surface area contributed by atoms with Gasteiger partial charge in [0.25, 0.3) is 0 Å². The van der Waals surface area contributed by atoms with E-state index in [4.69, 9.17) is 14.2 Å². The molecule has 0 aromatic carbocycles. The molecule has 0 rings (SSSR count). The molecule has 0 N–H and O–H groups in total. The number of hydrogen-bond acceptors (Lipinski definition) is 6. The minimum atomic E-state index is -0.763. The lowest BCUT2D eigenvalue weighted by molar-refractivity contribution is -0.167. The summed E-state index contributed by atoms with van der Waals surface area (Å²) < 4.78 is 16.9. The summed E-state index contributed by atoms with van der Waals surface area (Å²) in [5, 5.41) is 0. The lowest BCUT2D eigenvalue weighted by atomic mass is 9.99. The molecule has 6 heteroatoms. The van der Waals surface area contributed by atoms with E-state index in [1.54, 1.807) is 0 Å². The first-order chi connectivity index (χ1) is 31.3. The molecule has 0 spiro atoms. The Morgan fingerprint density at radius 2 is 0.594 bits per heavy atom. The van der Waals surface area contributed by atoms with E-state index < -0.39 is 6.10 Å². The number of unbranched alkanes of at least 4 members (excludes halogenated alkanes) is 36.